The highest BCUT2D eigenvalue weighted by atomic mass is 35.5. The van der Waals surface area contributed by atoms with Crippen molar-refractivity contribution in [3.8, 4) is 0 Å². The minimum atomic E-state index is -0.909. The van der Waals surface area contributed by atoms with Gasteiger partial charge in [0.25, 0.3) is 0 Å². The molecular formula is C8H9ClO2S. The molecule has 0 unspecified atom stereocenters. The second kappa shape index (κ2) is 3.46. The molecule has 0 atom stereocenters. The van der Waals surface area contributed by atoms with Crippen molar-refractivity contribution >= 4 is 28.9 Å². The van der Waals surface area contributed by atoms with Crippen LogP contribution in [0.3, 0.4) is 0 Å². The molecule has 12 heavy (non-hydrogen) atoms. The quantitative estimate of drug-likeness (QED) is 0.803. The number of rotatable bonds is 2. The van der Waals surface area contributed by atoms with Gasteiger partial charge in [-0.15, -0.1) is 11.3 Å². The maximum absolute atomic E-state index is 10.5. The Morgan fingerprint density at radius 2 is 2.25 bits per heavy atom. The first-order valence-corrected chi connectivity index (χ1v) is 4.74. The molecule has 1 aromatic rings. The summed E-state index contributed by atoms with van der Waals surface area (Å²) in [5, 5.41) is 9.22. The summed E-state index contributed by atoms with van der Waals surface area (Å²) in [6.07, 6.45) is 0. The molecule has 0 aliphatic carbocycles. The summed E-state index contributed by atoms with van der Waals surface area (Å²) in [6.45, 7) is 3.98. The lowest BCUT2D eigenvalue weighted by molar-refractivity contribution is 0.0702. The van der Waals surface area contributed by atoms with Crippen LogP contribution in [0.25, 0.3) is 0 Å². The van der Waals surface area contributed by atoms with Gasteiger partial charge < -0.3 is 5.11 Å². The Morgan fingerprint density at radius 3 is 2.50 bits per heavy atom. The zero-order valence-electron chi connectivity index (χ0n) is 6.80. The first kappa shape index (κ1) is 9.55. The number of carboxylic acid groups (broad SMARTS) is 1. The molecule has 0 spiro atoms. The van der Waals surface area contributed by atoms with Crippen molar-refractivity contribution < 1.29 is 9.90 Å². The van der Waals surface area contributed by atoms with Gasteiger partial charge in [0.1, 0.15) is 4.88 Å². The lowest BCUT2D eigenvalue weighted by Crippen LogP contribution is -1.89. The first-order valence-electron chi connectivity index (χ1n) is 3.55. The molecule has 0 amide bonds. The van der Waals surface area contributed by atoms with E-state index in [1.807, 2.05) is 13.8 Å². The van der Waals surface area contributed by atoms with Crippen LogP contribution < -0.4 is 0 Å². The fourth-order valence-corrected chi connectivity index (χ4v) is 2.28. The van der Waals surface area contributed by atoms with Crippen LogP contribution in [-0.2, 0) is 0 Å². The van der Waals surface area contributed by atoms with Crippen LogP contribution in [0.2, 0.25) is 5.02 Å². The van der Waals surface area contributed by atoms with E-state index in [0.29, 0.717) is 9.90 Å². The molecule has 0 bridgehead atoms. The molecule has 0 saturated carbocycles. The van der Waals surface area contributed by atoms with Crippen LogP contribution in [0, 0.1) is 0 Å². The van der Waals surface area contributed by atoms with Gasteiger partial charge in [-0.3, -0.25) is 0 Å². The van der Waals surface area contributed by atoms with E-state index in [-0.39, 0.29) is 5.92 Å². The molecule has 4 heteroatoms. The summed E-state index contributed by atoms with van der Waals surface area (Å²) in [6, 6.07) is 1.50. The Bertz CT molecular complexity index is 304. The third-order valence-electron chi connectivity index (χ3n) is 1.45. The van der Waals surface area contributed by atoms with E-state index in [0.717, 1.165) is 4.88 Å². The fourth-order valence-electron chi connectivity index (χ4n) is 0.882. The minimum Gasteiger partial charge on any atom is -0.477 e. The largest absolute Gasteiger partial charge is 0.477 e. The number of thiophene rings is 1. The van der Waals surface area contributed by atoms with Crippen molar-refractivity contribution in [2.45, 2.75) is 19.8 Å². The monoisotopic (exact) mass is 204 g/mol. The van der Waals surface area contributed by atoms with E-state index in [9.17, 15) is 4.79 Å². The number of hydrogen-bond acceptors (Lipinski definition) is 2. The number of carboxylic acids is 1. The summed E-state index contributed by atoms with van der Waals surface area (Å²) in [7, 11) is 0. The maximum atomic E-state index is 10.5. The van der Waals surface area contributed by atoms with Gasteiger partial charge in [0, 0.05) is 4.88 Å². The van der Waals surface area contributed by atoms with E-state index in [1.165, 1.54) is 17.4 Å². The van der Waals surface area contributed by atoms with E-state index in [4.69, 9.17) is 16.7 Å². The summed E-state index contributed by atoms with van der Waals surface area (Å²) < 4.78 is 0. The summed E-state index contributed by atoms with van der Waals surface area (Å²) in [4.78, 5) is 11.8. The van der Waals surface area contributed by atoms with Crippen LogP contribution >= 0.6 is 22.9 Å². The Labute approximate surface area is 79.8 Å². The van der Waals surface area contributed by atoms with Gasteiger partial charge in [0.15, 0.2) is 0 Å². The smallest absolute Gasteiger partial charge is 0.345 e. The maximum Gasteiger partial charge on any atom is 0.345 e. The van der Waals surface area contributed by atoms with Crippen LogP contribution in [0.1, 0.15) is 34.3 Å². The van der Waals surface area contributed by atoms with E-state index < -0.39 is 5.97 Å². The van der Waals surface area contributed by atoms with Crippen molar-refractivity contribution in [1.29, 1.82) is 0 Å². The third-order valence-corrected chi connectivity index (χ3v) is 3.30. The van der Waals surface area contributed by atoms with E-state index in [1.54, 1.807) is 0 Å². The first-order chi connectivity index (χ1) is 5.52. The highest BCUT2D eigenvalue weighted by Gasteiger charge is 2.14. The van der Waals surface area contributed by atoms with Crippen molar-refractivity contribution in [3.63, 3.8) is 0 Å². The highest BCUT2D eigenvalue weighted by Crippen LogP contribution is 2.32. The van der Waals surface area contributed by atoms with Gasteiger partial charge in [0.2, 0.25) is 0 Å². The lowest BCUT2D eigenvalue weighted by atomic mass is 10.2. The van der Waals surface area contributed by atoms with Gasteiger partial charge in [-0.1, -0.05) is 25.4 Å². The van der Waals surface area contributed by atoms with Gasteiger partial charge in [-0.05, 0) is 12.0 Å². The van der Waals surface area contributed by atoms with Gasteiger partial charge in [-0.2, -0.15) is 0 Å². The molecular weight excluding hydrogens is 196 g/mol. The zero-order valence-corrected chi connectivity index (χ0v) is 8.37. The molecule has 0 radical (unpaired) electrons. The van der Waals surface area contributed by atoms with Crippen LogP contribution in [-0.4, -0.2) is 11.1 Å². The Balaban J connectivity index is 3.09. The number of halogens is 1. The van der Waals surface area contributed by atoms with Crippen LogP contribution in [0.5, 0.6) is 0 Å². The number of carbonyl (C=O) groups is 1. The molecule has 0 saturated heterocycles. The molecule has 1 aromatic heterocycles. The SMILES string of the molecule is CC(C)c1sc(C(=O)O)cc1Cl. The Morgan fingerprint density at radius 1 is 1.67 bits per heavy atom. The standard InChI is InChI=1S/C8H9ClO2S/c1-4(2)7-5(9)3-6(12-7)8(10)11/h3-4H,1-2H3,(H,10,11). The molecule has 0 aliphatic rings. The van der Waals surface area contributed by atoms with E-state index in [2.05, 4.69) is 0 Å². The molecule has 66 valence electrons. The minimum absolute atomic E-state index is 0.288. The van der Waals surface area contributed by atoms with Crippen molar-refractivity contribution in [2.75, 3.05) is 0 Å². The van der Waals surface area contributed by atoms with Crippen molar-refractivity contribution in [3.05, 3.63) is 20.8 Å². The van der Waals surface area contributed by atoms with Crippen molar-refractivity contribution in [2.24, 2.45) is 0 Å². The Kier molecular flexibility index (Phi) is 2.75. The topological polar surface area (TPSA) is 37.3 Å². The normalized spacial score (nSPS) is 10.7. The fraction of sp³-hybridized carbons (Fsp3) is 0.375. The summed E-state index contributed by atoms with van der Waals surface area (Å²) >= 11 is 7.08. The van der Waals surface area contributed by atoms with Gasteiger partial charge in [-0.25, -0.2) is 4.79 Å². The van der Waals surface area contributed by atoms with Crippen LogP contribution in [0.15, 0.2) is 6.07 Å². The molecule has 0 aromatic carbocycles. The highest BCUT2D eigenvalue weighted by molar-refractivity contribution is 7.14. The molecule has 1 N–H and O–H groups in total. The second-order valence-corrected chi connectivity index (χ2v) is 4.27. The zero-order chi connectivity index (χ0) is 9.30. The average molecular weight is 205 g/mol. The summed E-state index contributed by atoms with van der Waals surface area (Å²) in [5.74, 6) is -0.621. The average Bonchev–Trinajstić information content (AvgIpc) is 2.30. The molecule has 2 nitrogen and oxygen atoms in total. The molecule has 1 rings (SSSR count). The van der Waals surface area contributed by atoms with Gasteiger partial charge >= 0.3 is 5.97 Å². The van der Waals surface area contributed by atoms with E-state index >= 15 is 0 Å². The third kappa shape index (κ3) is 1.79. The second-order valence-electron chi connectivity index (χ2n) is 2.78. The lowest BCUT2D eigenvalue weighted by Gasteiger charge is -1.99. The Hall–Kier alpha value is -0.540. The van der Waals surface area contributed by atoms with Crippen molar-refractivity contribution in [1.82, 2.24) is 0 Å². The predicted octanol–water partition coefficient (Wildman–Crippen LogP) is 3.22. The summed E-state index contributed by atoms with van der Waals surface area (Å²) in [5.41, 5.74) is 0. The molecule has 1 heterocycles. The van der Waals surface area contributed by atoms with Crippen LogP contribution in [0.4, 0.5) is 0 Å². The number of aromatic carboxylic acids is 1. The molecule has 0 fully saturated rings. The predicted molar refractivity (Wildman–Crippen MR) is 50.4 cm³/mol. The molecule has 0 aliphatic heterocycles. The number of hydrogen-bond donors (Lipinski definition) is 1. The van der Waals surface area contributed by atoms with Gasteiger partial charge in [0.05, 0.1) is 5.02 Å².